The maximum atomic E-state index is 4.58. The molecule has 1 aromatic heterocycles. The second kappa shape index (κ2) is 5.63. The molecule has 0 unspecified atom stereocenters. The zero-order chi connectivity index (χ0) is 13.0. The van der Waals surface area contributed by atoms with Gasteiger partial charge in [0, 0.05) is 23.9 Å². The van der Waals surface area contributed by atoms with Crippen molar-refractivity contribution in [1.82, 2.24) is 9.97 Å². The third-order valence-electron chi connectivity index (χ3n) is 2.80. The minimum Gasteiger partial charge on any atom is -0.370 e. The summed E-state index contributed by atoms with van der Waals surface area (Å²) in [6.07, 6.45) is 1.09. The average molecular weight is 241 g/mol. The van der Waals surface area contributed by atoms with Gasteiger partial charge in [0.25, 0.3) is 0 Å². The molecule has 0 saturated heterocycles. The lowest BCUT2D eigenvalue weighted by atomic mass is 10.1. The van der Waals surface area contributed by atoms with E-state index in [-0.39, 0.29) is 0 Å². The van der Waals surface area contributed by atoms with Crippen molar-refractivity contribution in [3.05, 3.63) is 41.6 Å². The van der Waals surface area contributed by atoms with E-state index in [1.54, 1.807) is 0 Å². The van der Waals surface area contributed by atoms with Gasteiger partial charge in [-0.2, -0.15) is 0 Å². The highest BCUT2D eigenvalue weighted by atomic mass is 15.0. The molecule has 0 aliphatic carbocycles. The summed E-state index contributed by atoms with van der Waals surface area (Å²) >= 11 is 0. The highest BCUT2D eigenvalue weighted by molar-refractivity contribution is 5.61. The molecule has 0 amide bonds. The van der Waals surface area contributed by atoms with Gasteiger partial charge in [0.15, 0.2) is 5.82 Å². The number of benzene rings is 1. The standard InChI is InChI=1S/C15H19N3/c1-4-9-16-14-10-12(3)17-15(18-14)13-8-6-5-7-11(13)2/h5-8,10H,4,9H2,1-3H3,(H,16,17,18). The van der Waals surface area contributed by atoms with Crippen molar-refractivity contribution < 1.29 is 0 Å². The van der Waals surface area contributed by atoms with Gasteiger partial charge in [-0.05, 0) is 25.8 Å². The van der Waals surface area contributed by atoms with E-state index in [2.05, 4.69) is 41.3 Å². The van der Waals surface area contributed by atoms with Crippen LogP contribution in [0.5, 0.6) is 0 Å². The van der Waals surface area contributed by atoms with Gasteiger partial charge in [-0.25, -0.2) is 9.97 Å². The van der Waals surface area contributed by atoms with Crippen LogP contribution in [0.4, 0.5) is 5.82 Å². The second-order valence-corrected chi connectivity index (χ2v) is 4.46. The minimum absolute atomic E-state index is 0.798. The molecular weight excluding hydrogens is 222 g/mol. The Morgan fingerprint density at radius 1 is 1.11 bits per heavy atom. The van der Waals surface area contributed by atoms with Gasteiger partial charge in [0.05, 0.1) is 0 Å². The second-order valence-electron chi connectivity index (χ2n) is 4.46. The molecule has 1 aromatic carbocycles. The average Bonchev–Trinajstić information content (AvgIpc) is 2.36. The van der Waals surface area contributed by atoms with Gasteiger partial charge in [-0.1, -0.05) is 31.2 Å². The fourth-order valence-electron chi connectivity index (χ4n) is 1.86. The molecule has 0 aliphatic rings. The Morgan fingerprint density at radius 3 is 2.61 bits per heavy atom. The summed E-state index contributed by atoms with van der Waals surface area (Å²) in [5, 5.41) is 3.31. The molecule has 0 bridgehead atoms. The lowest BCUT2D eigenvalue weighted by molar-refractivity contribution is 0.962. The van der Waals surface area contributed by atoms with Crippen LogP contribution in [0.15, 0.2) is 30.3 Å². The monoisotopic (exact) mass is 241 g/mol. The van der Waals surface area contributed by atoms with E-state index in [1.807, 2.05) is 25.1 Å². The normalized spacial score (nSPS) is 10.4. The predicted molar refractivity (Wildman–Crippen MR) is 75.7 cm³/mol. The summed E-state index contributed by atoms with van der Waals surface area (Å²) in [5.41, 5.74) is 3.28. The van der Waals surface area contributed by atoms with Crippen molar-refractivity contribution in [3.63, 3.8) is 0 Å². The molecule has 0 spiro atoms. The summed E-state index contributed by atoms with van der Waals surface area (Å²) < 4.78 is 0. The van der Waals surface area contributed by atoms with E-state index in [0.29, 0.717) is 0 Å². The molecule has 0 radical (unpaired) electrons. The van der Waals surface area contributed by atoms with Crippen molar-refractivity contribution in [1.29, 1.82) is 0 Å². The largest absolute Gasteiger partial charge is 0.370 e. The molecule has 0 atom stereocenters. The zero-order valence-corrected chi connectivity index (χ0v) is 11.2. The van der Waals surface area contributed by atoms with Gasteiger partial charge in [0.2, 0.25) is 0 Å². The van der Waals surface area contributed by atoms with E-state index < -0.39 is 0 Å². The molecule has 94 valence electrons. The first-order valence-corrected chi connectivity index (χ1v) is 6.36. The van der Waals surface area contributed by atoms with Crippen molar-refractivity contribution in [3.8, 4) is 11.4 Å². The number of aromatic nitrogens is 2. The number of aryl methyl sites for hydroxylation is 2. The van der Waals surface area contributed by atoms with E-state index in [9.17, 15) is 0 Å². The van der Waals surface area contributed by atoms with E-state index in [0.717, 1.165) is 35.9 Å². The van der Waals surface area contributed by atoms with Crippen LogP contribution in [0.3, 0.4) is 0 Å². The summed E-state index contributed by atoms with van der Waals surface area (Å²) in [6, 6.07) is 10.2. The Balaban J connectivity index is 2.39. The Morgan fingerprint density at radius 2 is 1.89 bits per heavy atom. The minimum atomic E-state index is 0.798. The third-order valence-corrected chi connectivity index (χ3v) is 2.80. The van der Waals surface area contributed by atoms with Crippen LogP contribution in [-0.2, 0) is 0 Å². The molecule has 1 N–H and O–H groups in total. The number of rotatable bonds is 4. The van der Waals surface area contributed by atoms with Crippen molar-refractivity contribution in [2.45, 2.75) is 27.2 Å². The lowest BCUT2D eigenvalue weighted by Crippen LogP contribution is -2.04. The first-order valence-electron chi connectivity index (χ1n) is 6.36. The summed E-state index contributed by atoms with van der Waals surface area (Å²) in [6.45, 7) is 7.16. The highest BCUT2D eigenvalue weighted by Crippen LogP contribution is 2.21. The molecule has 2 aromatic rings. The molecule has 3 heteroatoms. The number of hydrogen-bond donors (Lipinski definition) is 1. The molecule has 1 heterocycles. The SMILES string of the molecule is CCCNc1cc(C)nc(-c2ccccc2C)n1. The molecule has 0 aliphatic heterocycles. The van der Waals surface area contributed by atoms with Crippen LogP contribution in [0.2, 0.25) is 0 Å². The van der Waals surface area contributed by atoms with E-state index >= 15 is 0 Å². The number of hydrogen-bond acceptors (Lipinski definition) is 3. The first-order chi connectivity index (χ1) is 8.70. The smallest absolute Gasteiger partial charge is 0.162 e. The van der Waals surface area contributed by atoms with Gasteiger partial charge in [0.1, 0.15) is 5.82 Å². The molecule has 0 saturated carbocycles. The molecular formula is C15H19N3. The zero-order valence-electron chi connectivity index (χ0n) is 11.2. The molecule has 18 heavy (non-hydrogen) atoms. The summed E-state index contributed by atoms with van der Waals surface area (Å²) in [7, 11) is 0. The number of anilines is 1. The van der Waals surface area contributed by atoms with Gasteiger partial charge >= 0.3 is 0 Å². The number of nitrogens with one attached hydrogen (secondary N) is 1. The summed E-state index contributed by atoms with van der Waals surface area (Å²) in [4.78, 5) is 9.10. The van der Waals surface area contributed by atoms with Gasteiger partial charge in [-0.15, -0.1) is 0 Å². The third kappa shape index (κ3) is 2.86. The van der Waals surface area contributed by atoms with Gasteiger partial charge < -0.3 is 5.32 Å². The molecule has 2 rings (SSSR count). The van der Waals surface area contributed by atoms with Crippen LogP contribution in [0, 0.1) is 13.8 Å². The van der Waals surface area contributed by atoms with Crippen LogP contribution in [-0.4, -0.2) is 16.5 Å². The van der Waals surface area contributed by atoms with Gasteiger partial charge in [-0.3, -0.25) is 0 Å². The maximum absolute atomic E-state index is 4.58. The highest BCUT2D eigenvalue weighted by Gasteiger charge is 2.06. The lowest BCUT2D eigenvalue weighted by Gasteiger charge is -2.09. The van der Waals surface area contributed by atoms with E-state index in [1.165, 1.54) is 5.56 Å². The number of nitrogens with zero attached hydrogens (tertiary/aromatic N) is 2. The predicted octanol–water partition coefficient (Wildman–Crippen LogP) is 3.58. The quantitative estimate of drug-likeness (QED) is 0.889. The van der Waals surface area contributed by atoms with Crippen LogP contribution in [0.1, 0.15) is 24.6 Å². The first kappa shape index (κ1) is 12.6. The van der Waals surface area contributed by atoms with E-state index in [4.69, 9.17) is 0 Å². The fourth-order valence-corrected chi connectivity index (χ4v) is 1.86. The summed E-state index contributed by atoms with van der Waals surface area (Å²) in [5.74, 6) is 1.70. The van der Waals surface area contributed by atoms with Crippen molar-refractivity contribution >= 4 is 5.82 Å². The van der Waals surface area contributed by atoms with Crippen molar-refractivity contribution in [2.24, 2.45) is 0 Å². The Bertz CT molecular complexity index is 535. The van der Waals surface area contributed by atoms with Crippen molar-refractivity contribution in [2.75, 3.05) is 11.9 Å². The van der Waals surface area contributed by atoms with Crippen LogP contribution < -0.4 is 5.32 Å². The molecule has 0 fully saturated rings. The van der Waals surface area contributed by atoms with Crippen LogP contribution in [0.25, 0.3) is 11.4 Å². The topological polar surface area (TPSA) is 37.8 Å². The fraction of sp³-hybridized carbons (Fsp3) is 0.333. The Hall–Kier alpha value is -1.90. The Kier molecular flexibility index (Phi) is 3.92. The molecule has 3 nitrogen and oxygen atoms in total. The maximum Gasteiger partial charge on any atom is 0.162 e. The van der Waals surface area contributed by atoms with Crippen LogP contribution >= 0.6 is 0 Å². The Labute approximate surface area is 108 Å².